The van der Waals surface area contributed by atoms with Gasteiger partial charge in [0, 0.05) is 25.8 Å². The van der Waals surface area contributed by atoms with E-state index in [1.807, 2.05) is 18.0 Å². The van der Waals surface area contributed by atoms with Crippen molar-refractivity contribution < 1.29 is 0 Å². The first-order chi connectivity index (χ1) is 6.56. The second kappa shape index (κ2) is 4.62. The van der Waals surface area contributed by atoms with Gasteiger partial charge in [-0.15, -0.1) is 0 Å². The summed E-state index contributed by atoms with van der Waals surface area (Å²) >= 11 is 6.09. The Morgan fingerprint density at radius 2 is 2.21 bits per heavy atom. The summed E-state index contributed by atoms with van der Waals surface area (Å²) < 4.78 is 0. The van der Waals surface area contributed by atoms with Crippen LogP contribution in [-0.4, -0.2) is 18.1 Å². The van der Waals surface area contributed by atoms with E-state index < -0.39 is 0 Å². The van der Waals surface area contributed by atoms with Crippen LogP contribution in [0.5, 0.6) is 0 Å². The van der Waals surface area contributed by atoms with E-state index in [1.54, 1.807) is 6.20 Å². The first-order valence-corrected chi connectivity index (χ1v) is 5.01. The van der Waals surface area contributed by atoms with Gasteiger partial charge in [-0.3, -0.25) is 0 Å². The molecule has 0 aliphatic carbocycles. The van der Waals surface area contributed by atoms with Crippen LogP contribution in [-0.2, 0) is 6.54 Å². The Morgan fingerprint density at radius 1 is 1.57 bits per heavy atom. The molecule has 0 radical (unpaired) electrons. The highest BCUT2D eigenvalue weighted by atomic mass is 35.5. The molecule has 0 unspecified atom stereocenters. The van der Waals surface area contributed by atoms with Crippen molar-refractivity contribution in [3.8, 4) is 0 Å². The molecule has 0 bridgehead atoms. The van der Waals surface area contributed by atoms with E-state index in [0.717, 1.165) is 11.4 Å². The van der Waals surface area contributed by atoms with Crippen molar-refractivity contribution in [3.63, 3.8) is 0 Å². The second-order valence-electron chi connectivity index (χ2n) is 3.56. The van der Waals surface area contributed by atoms with Crippen molar-refractivity contribution in [1.82, 2.24) is 4.98 Å². The van der Waals surface area contributed by atoms with Crippen molar-refractivity contribution in [1.29, 1.82) is 0 Å². The SMILES string of the molecule is CC(C)N(C)c1ncc(CN)cc1Cl. The van der Waals surface area contributed by atoms with E-state index in [2.05, 4.69) is 18.8 Å². The molecule has 2 N–H and O–H groups in total. The summed E-state index contributed by atoms with van der Waals surface area (Å²) in [5, 5.41) is 0.657. The number of aromatic nitrogens is 1. The number of anilines is 1. The van der Waals surface area contributed by atoms with Crippen molar-refractivity contribution in [2.45, 2.75) is 26.4 Å². The monoisotopic (exact) mass is 213 g/mol. The van der Waals surface area contributed by atoms with Crippen molar-refractivity contribution in [3.05, 3.63) is 22.8 Å². The number of hydrogen-bond acceptors (Lipinski definition) is 3. The maximum Gasteiger partial charge on any atom is 0.147 e. The van der Waals surface area contributed by atoms with Gasteiger partial charge in [0.25, 0.3) is 0 Å². The molecular weight excluding hydrogens is 198 g/mol. The molecule has 0 aromatic carbocycles. The summed E-state index contributed by atoms with van der Waals surface area (Å²) in [4.78, 5) is 6.31. The van der Waals surface area contributed by atoms with Crippen LogP contribution in [0.4, 0.5) is 5.82 Å². The average Bonchev–Trinajstić information content (AvgIpc) is 2.16. The van der Waals surface area contributed by atoms with Crippen molar-refractivity contribution >= 4 is 17.4 Å². The van der Waals surface area contributed by atoms with Gasteiger partial charge in [-0.1, -0.05) is 11.6 Å². The molecule has 1 aromatic rings. The Kier molecular flexibility index (Phi) is 3.72. The molecule has 0 fully saturated rings. The predicted octanol–water partition coefficient (Wildman–Crippen LogP) is 2.04. The molecule has 0 aliphatic heterocycles. The molecule has 1 heterocycles. The van der Waals surface area contributed by atoms with Gasteiger partial charge in [-0.25, -0.2) is 4.98 Å². The Morgan fingerprint density at radius 3 is 2.64 bits per heavy atom. The lowest BCUT2D eigenvalue weighted by Gasteiger charge is -2.23. The fraction of sp³-hybridized carbons (Fsp3) is 0.500. The summed E-state index contributed by atoms with van der Waals surface area (Å²) in [6, 6.07) is 2.24. The highest BCUT2D eigenvalue weighted by Crippen LogP contribution is 2.24. The summed E-state index contributed by atoms with van der Waals surface area (Å²) in [6.45, 7) is 4.65. The van der Waals surface area contributed by atoms with Crippen LogP contribution in [0.1, 0.15) is 19.4 Å². The van der Waals surface area contributed by atoms with E-state index in [0.29, 0.717) is 17.6 Å². The maximum atomic E-state index is 6.09. The van der Waals surface area contributed by atoms with Crippen LogP contribution in [0.2, 0.25) is 5.02 Å². The minimum absolute atomic E-state index is 0.378. The topological polar surface area (TPSA) is 42.2 Å². The number of pyridine rings is 1. The molecule has 14 heavy (non-hydrogen) atoms. The number of nitrogens with two attached hydrogens (primary N) is 1. The fourth-order valence-electron chi connectivity index (χ4n) is 1.09. The lowest BCUT2D eigenvalue weighted by atomic mass is 10.2. The number of nitrogens with zero attached hydrogens (tertiary/aromatic N) is 2. The van der Waals surface area contributed by atoms with Crippen LogP contribution in [0.15, 0.2) is 12.3 Å². The van der Waals surface area contributed by atoms with Crippen LogP contribution >= 0.6 is 11.6 Å². The molecule has 1 rings (SSSR count). The van der Waals surface area contributed by atoms with Gasteiger partial charge in [-0.05, 0) is 25.5 Å². The highest BCUT2D eigenvalue weighted by Gasteiger charge is 2.10. The molecule has 0 saturated heterocycles. The summed E-state index contributed by atoms with van der Waals surface area (Å²) in [6.07, 6.45) is 1.76. The smallest absolute Gasteiger partial charge is 0.147 e. The molecule has 0 atom stereocenters. The van der Waals surface area contributed by atoms with Gasteiger partial charge in [0.1, 0.15) is 5.82 Å². The van der Waals surface area contributed by atoms with E-state index in [1.165, 1.54) is 0 Å². The number of rotatable bonds is 3. The molecule has 1 aromatic heterocycles. The van der Waals surface area contributed by atoms with Gasteiger partial charge in [-0.2, -0.15) is 0 Å². The maximum absolute atomic E-state index is 6.09. The van der Waals surface area contributed by atoms with Gasteiger partial charge < -0.3 is 10.6 Å². The standard InChI is InChI=1S/C10H16ClN3/c1-7(2)14(3)10-9(11)4-8(5-12)6-13-10/h4,6-7H,5,12H2,1-3H3. The molecular formula is C10H16ClN3. The quantitative estimate of drug-likeness (QED) is 0.836. The third-order valence-corrected chi connectivity index (χ3v) is 2.50. The van der Waals surface area contributed by atoms with Crippen LogP contribution in [0.25, 0.3) is 0 Å². The Hall–Kier alpha value is -0.800. The Labute approximate surface area is 89.9 Å². The Bertz CT molecular complexity index is 312. The van der Waals surface area contributed by atoms with E-state index in [9.17, 15) is 0 Å². The lowest BCUT2D eigenvalue weighted by Crippen LogP contribution is -2.26. The third kappa shape index (κ3) is 2.36. The Balaban J connectivity index is 2.99. The van der Waals surface area contributed by atoms with Crippen LogP contribution < -0.4 is 10.6 Å². The van der Waals surface area contributed by atoms with E-state index in [-0.39, 0.29) is 0 Å². The largest absolute Gasteiger partial charge is 0.356 e. The summed E-state index contributed by atoms with van der Waals surface area (Å²) in [5.74, 6) is 0.805. The highest BCUT2D eigenvalue weighted by molar-refractivity contribution is 6.33. The fourth-order valence-corrected chi connectivity index (χ4v) is 1.41. The molecule has 0 spiro atoms. The zero-order valence-electron chi connectivity index (χ0n) is 8.79. The molecule has 4 heteroatoms. The molecule has 78 valence electrons. The normalized spacial score (nSPS) is 10.7. The number of halogens is 1. The van der Waals surface area contributed by atoms with Crippen LogP contribution in [0, 0.1) is 0 Å². The molecule has 3 nitrogen and oxygen atoms in total. The first-order valence-electron chi connectivity index (χ1n) is 4.63. The second-order valence-corrected chi connectivity index (χ2v) is 3.96. The van der Waals surface area contributed by atoms with Crippen LogP contribution in [0.3, 0.4) is 0 Å². The van der Waals surface area contributed by atoms with Crippen molar-refractivity contribution in [2.75, 3.05) is 11.9 Å². The minimum Gasteiger partial charge on any atom is -0.356 e. The van der Waals surface area contributed by atoms with Gasteiger partial charge in [0.15, 0.2) is 0 Å². The zero-order valence-corrected chi connectivity index (χ0v) is 9.54. The summed E-state index contributed by atoms with van der Waals surface area (Å²) in [7, 11) is 1.97. The first kappa shape index (κ1) is 11.3. The van der Waals surface area contributed by atoms with E-state index >= 15 is 0 Å². The molecule has 0 amide bonds. The predicted molar refractivity (Wildman–Crippen MR) is 60.7 cm³/mol. The average molecular weight is 214 g/mol. The lowest BCUT2D eigenvalue weighted by molar-refractivity contribution is 0.742. The van der Waals surface area contributed by atoms with Gasteiger partial charge in [0.05, 0.1) is 5.02 Å². The van der Waals surface area contributed by atoms with Gasteiger partial charge >= 0.3 is 0 Å². The number of hydrogen-bond donors (Lipinski definition) is 1. The zero-order chi connectivity index (χ0) is 10.7. The molecule has 0 aliphatic rings. The molecule has 0 saturated carbocycles. The van der Waals surface area contributed by atoms with E-state index in [4.69, 9.17) is 17.3 Å². The third-order valence-electron chi connectivity index (χ3n) is 2.22. The van der Waals surface area contributed by atoms with Crippen molar-refractivity contribution in [2.24, 2.45) is 5.73 Å². The summed E-state index contributed by atoms with van der Waals surface area (Å²) in [5.41, 5.74) is 6.45. The van der Waals surface area contributed by atoms with Gasteiger partial charge in [0.2, 0.25) is 0 Å². The minimum atomic E-state index is 0.378.